The van der Waals surface area contributed by atoms with Gasteiger partial charge < -0.3 is 14.4 Å². The number of rotatable bonds is 11. The van der Waals surface area contributed by atoms with E-state index in [0.717, 1.165) is 16.8 Å². The first-order chi connectivity index (χ1) is 17.2. The number of aliphatic hydroxyl groups is 1. The maximum atomic E-state index is 13.7. The van der Waals surface area contributed by atoms with Crippen LogP contribution in [-0.4, -0.2) is 53.7 Å². The van der Waals surface area contributed by atoms with Crippen molar-refractivity contribution >= 4 is 13.3 Å². The summed E-state index contributed by atoms with van der Waals surface area (Å²) in [5.74, 6) is -0.372. The highest BCUT2D eigenvalue weighted by molar-refractivity contribution is 7.59. The standard InChI is InChI=1S/C27H32FN2O5P/c1-18(2)25-23(14-15-36(33,35-4)17-22(31)16-24(32)34-3)26(19-10-12-21(28)13-11-19)30-27(29-25)20-8-6-5-7-9-20/h5-13,18,22,31H,14-17H2,1-4H3/t22-,36?/m0/s1. The van der Waals surface area contributed by atoms with Crippen molar-refractivity contribution in [2.75, 3.05) is 26.5 Å². The predicted octanol–water partition coefficient (Wildman–Crippen LogP) is 5.46. The van der Waals surface area contributed by atoms with E-state index < -0.39 is 19.4 Å². The minimum absolute atomic E-state index is 0.0245. The van der Waals surface area contributed by atoms with Crippen LogP contribution in [-0.2, 0) is 25.0 Å². The summed E-state index contributed by atoms with van der Waals surface area (Å²) in [5.41, 5.74) is 3.77. The molecule has 1 heterocycles. The van der Waals surface area contributed by atoms with E-state index in [-0.39, 0.29) is 30.5 Å². The van der Waals surface area contributed by atoms with Crippen molar-refractivity contribution in [1.82, 2.24) is 9.97 Å². The van der Waals surface area contributed by atoms with Gasteiger partial charge in [-0.1, -0.05) is 44.2 Å². The second kappa shape index (κ2) is 12.3. The molecule has 9 heteroatoms. The van der Waals surface area contributed by atoms with E-state index in [2.05, 4.69) is 4.74 Å². The molecule has 1 aromatic heterocycles. The van der Waals surface area contributed by atoms with Gasteiger partial charge >= 0.3 is 5.97 Å². The van der Waals surface area contributed by atoms with Gasteiger partial charge in [0, 0.05) is 30.0 Å². The van der Waals surface area contributed by atoms with Crippen LogP contribution in [0.5, 0.6) is 0 Å². The molecule has 36 heavy (non-hydrogen) atoms. The number of hydrogen-bond acceptors (Lipinski definition) is 7. The van der Waals surface area contributed by atoms with Crippen LogP contribution in [0.2, 0.25) is 0 Å². The Balaban J connectivity index is 2.03. The second-order valence-corrected chi connectivity index (χ2v) is 11.7. The molecule has 2 aromatic carbocycles. The first kappa shape index (κ1) is 27.7. The average Bonchev–Trinajstić information content (AvgIpc) is 2.87. The smallest absolute Gasteiger partial charge is 0.308 e. The molecule has 3 aromatic rings. The highest BCUT2D eigenvalue weighted by Crippen LogP contribution is 2.48. The molecular formula is C27H32FN2O5P. The number of ether oxygens (including phenoxy) is 1. The minimum Gasteiger partial charge on any atom is -0.469 e. The zero-order valence-corrected chi connectivity index (χ0v) is 21.9. The van der Waals surface area contributed by atoms with Crippen LogP contribution in [0.25, 0.3) is 22.6 Å². The van der Waals surface area contributed by atoms with Crippen LogP contribution in [0.3, 0.4) is 0 Å². The minimum atomic E-state index is -3.30. The van der Waals surface area contributed by atoms with Crippen molar-refractivity contribution in [2.24, 2.45) is 0 Å². The second-order valence-electron chi connectivity index (χ2n) is 8.87. The van der Waals surface area contributed by atoms with E-state index in [1.165, 1.54) is 26.4 Å². The molecule has 1 unspecified atom stereocenters. The lowest BCUT2D eigenvalue weighted by Crippen LogP contribution is -2.20. The number of esters is 1. The first-order valence-corrected chi connectivity index (χ1v) is 13.8. The van der Waals surface area contributed by atoms with Crippen LogP contribution in [0.15, 0.2) is 54.6 Å². The lowest BCUT2D eigenvalue weighted by atomic mass is 9.96. The topological polar surface area (TPSA) is 98.6 Å². The number of carbonyl (C=O) groups excluding carboxylic acids is 1. The summed E-state index contributed by atoms with van der Waals surface area (Å²) in [7, 11) is -0.732. The van der Waals surface area contributed by atoms with E-state index in [0.29, 0.717) is 23.5 Å². The lowest BCUT2D eigenvalue weighted by molar-refractivity contribution is -0.142. The SMILES string of the molecule is COC(=O)C[C@H](O)CP(=O)(CCc1c(-c2ccc(F)cc2)nc(-c2ccccc2)nc1C(C)C)OC. The van der Waals surface area contributed by atoms with Crippen molar-refractivity contribution in [2.45, 2.75) is 38.7 Å². The van der Waals surface area contributed by atoms with Gasteiger partial charge in [-0.3, -0.25) is 9.36 Å². The van der Waals surface area contributed by atoms with Crippen LogP contribution in [0, 0.1) is 5.82 Å². The van der Waals surface area contributed by atoms with Crippen molar-refractivity contribution < 1.29 is 28.1 Å². The molecule has 0 aliphatic carbocycles. The average molecular weight is 515 g/mol. The highest BCUT2D eigenvalue weighted by atomic mass is 31.2. The van der Waals surface area contributed by atoms with Crippen LogP contribution in [0.1, 0.15) is 37.4 Å². The summed E-state index contributed by atoms with van der Waals surface area (Å²) < 4.78 is 37.1. The summed E-state index contributed by atoms with van der Waals surface area (Å²) in [6.07, 6.45) is -1.17. The summed E-state index contributed by atoms with van der Waals surface area (Å²) in [5, 5.41) is 10.3. The molecule has 0 radical (unpaired) electrons. The molecule has 192 valence electrons. The van der Waals surface area contributed by atoms with Gasteiger partial charge in [0.25, 0.3) is 0 Å². The molecule has 0 aliphatic rings. The molecule has 1 N–H and O–H groups in total. The summed E-state index contributed by atoms with van der Waals surface area (Å²) >= 11 is 0. The van der Waals surface area contributed by atoms with Gasteiger partial charge in [0.2, 0.25) is 7.37 Å². The molecule has 0 saturated carbocycles. The third-order valence-electron chi connectivity index (χ3n) is 5.89. The number of methoxy groups -OCH3 is 1. The third-order valence-corrected chi connectivity index (χ3v) is 8.44. The molecule has 0 saturated heterocycles. The lowest BCUT2D eigenvalue weighted by Gasteiger charge is -2.22. The summed E-state index contributed by atoms with van der Waals surface area (Å²) in [4.78, 5) is 21.2. The van der Waals surface area contributed by atoms with E-state index in [4.69, 9.17) is 14.5 Å². The van der Waals surface area contributed by atoms with Crippen molar-refractivity contribution in [3.63, 3.8) is 0 Å². The molecule has 0 aliphatic heterocycles. The fraction of sp³-hybridized carbons (Fsp3) is 0.370. The van der Waals surface area contributed by atoms with Crippen molar-refractivity contribution in [3.8, 4) is 22.6 Å². The number of nitrogens with zero attached hydrogens (tertiary/aromatic N) is 2. The molecule has 0 spiro atoms. The van der Waals surface area contributed by atoms with Crippen LogP contribution in [0.4, 0.5) is 4.39 Å². The number of aromatic nitrogens is 2. The number of halogens is 1. The molecule has 0 amide bonds. The quantitative estimate of drug-likeness (QED) is 0.268. The van der Waals surface area contributed by atoms with Crippen molar-refractivity contribution in [3.05, 3.63) is 71.7 Å². The van der Waals surface area contributed by atoms with E-state index in [1.54, 1.807) is 12.1 Å². The Hall–Kier alpha value is -2.93. The van der Waals surface area contributed by atoms with Crippen molar-refractivity contribution in [1.29, 1.82) is 0 Å². The summed E-state index contributed by atoms with van der Waals surface area (Å²) in [6, 6.07) is 15.7. The molecule has 3 rings (SSSR count). The number of benzene rings is 2. The Morgan fingerprint density at radius 3 is 2.28 bits per heavy atom. The van der Waals surface area contributed by atoms with Crippen LogP contribution >= 0.6 is 7.37 Å². The monoisotopic (exact) mass is 514 g/mol. The van der Waals surface area contributed by atoms with Gasteiger partial charge in [0.05, 0.1) is 37.2 Å². The van der Waals surface area contributed by atoms with E-state index >= 15 is 0 Å². The van der Waals surface area contributed by atoms with Gasteiger partial charge in [-0.25, -0.2) is 14.4 Å². The number of aliphatic hydroxyl groups excluding tert-OH is 1. The third kappa shape index (κ3) is 7.06. The van der Waals surface area contributed by atoms with Gasteiger partial charge in [0.1, 0.15) is 5.82 Å². The Morgan fingerprint density at radius 1 is 1.03 bits per heavy atom. The van der Waals surface area contributed by atoms with E-state index in [1.807, 2.05) is 44.2 Å². The zero-order chi connectivity index (χ0) is 26.3. The van der Waals surface area contributed by atoms with Gasteiger partial charge in [-0.15, -0.1) is 0 Å². The molecule has 2 atom stereocenters. The maximum Gasteiger partial charge on any atom is 0.308 e. The molecule has 0 fully saturated rings. The number of hydrogen-bond donors (Lipinski definition) is 1. The predicted molar refractivity (Wildman–Crippen MR) is 138 cm³/mol. The Morgan fingerprint density at radius 2 is 1.69 bits per heavy atom. The first-order valence-electron chi connectivity index (χ1n) is 11.8. The Kier molecular flexibility index (Phi) is 9.49. The zero-order valence-electron chi connectivity index (χ0n) is 21.0. The molecular weight excluding hydrogens is 482 g/mol. The molecule has 0 bridgehead atoms. The number of carbonyl (C=O) groups is 1. The fourth-order valence-electron chi connectivity index (χ4n) is 3.99. The van der Waals surface area contributed by atoms with Gasteiger partial charge in [0.15, 0.2) is 5.82 Å². The normalized spacial score (nSPS) is 13.9. The van der Waals surface area contributed by atoms with E-state index in [9.17, 15) is 18.9 Å². The Labute approximate surface area is 211 Å². The van der Waals surface area contributed by atoms with Crippen LogP contribution < -0.4 is 0 Å². The maximum absolute atomic E-state index is 13.7. The van der Waals surface area contributed by atoms with Gasteiger partial charge in [-0.2, -0.15) is 0 Å². The molecule has 7 nitrogen and oxygen atoms in total. The fourth-order valence-corrected chi connectivity index (χ4v) is 5.84. The summed E-state index contributed by atoms with van der Waals surface area (Å²) in [6.45, 7) is 4.04. The Bertz CT molecular complexity index is 1220. The van der Waals surface area contributed by atoms with Gasteiger partial charge in [-0.05, 0) is 36.6 Å². The highest BCUT2D eigenvalue weighted by Gasteiger charge is 2.29. The largest absolute Gasteiger partial charge is 0.469 e.